The number of halogens is 1. The first-order chi connectivity index (χ1) is 6.29. The number of hydrogen-bond donors (Lipinski definition) is 0. The van der Waals surface area contributed by atoms with Gasteiger partial charge in [-0.1, -0.05) is 0 Å². The maximum Gasteiger partial charge on any atom is 0.258 e. The Morgan fingerprint density at radius 3 is 2.85 bits per heavy atom. The molecule has 0 saturated carbocycles. The van der Waals surface area contributed by atoms with E-state index < -0.39 is 5.95 Å². The number of pyridine rings is 1. The summed E-state index contributed by atoms with van der Waals surface area (Å²) < 4.78 is 13.0. The molecule has 0 aliphatic carbocycles. The molecule has 0 bridgehead atoms. The second-order valence-electron chi connectivity index (χ2n) is 2.99. The highest BCUT2D eigenvalue weighted by Crippen LogP contribution is 2.13. The Bertz CT molecular complexity index is 336. The first kappa shape index (κ1) is 8.16. The first-order valence-electron chi connectivity index (χ1n) is 4.19. The summed E-state index contributed by atoms with van der Waals surface area (Å²) in [6, 6.07) is 3.03. The Morgan fingerprint density at radius 1 is 1.54 bits per heavy atom. The number of likely N-dealkylation sites (tertiary alicyclic amines) is 1. The van der Waals surface area contributed by atoms with Crippen molar-refractivity contribution in [3.63, 3.8) is 0 Å². The van der Waals surface area contributed by atoms with Gasteiger partial charge >= 0.3 is 0 Å². The van der Waals surface area contributed by atoms with Crippen molar-refractivity contribution in [2.75, 3.05) is 13.1 Å². The fourth-order valence-electron chi connectivity index (χ4n) is 1.24. The van der Waals surface area contributed by atoms with E-state index in [1.165, 1.54) is 12.3 Å². The summed E-state index contributed by atoms with van der Waals surface area (Å²) >= 11 is 0. The number of carbonyl (C=O) groups excluding carboxylic acids is 1. The number of hydrogen-bond acceptors (Lipinski definition) is 2. The molecule has 1 aliphatic heterocycles. The predicted octanol–water partition coefficient (Wildman–Crippen LogP) is 1.07. The largest absolute Gasteiger partial charge is 0.338 e. The van der Waals surface area contributed by atoms with Crippen LogP contribution in [0.5, 0.6) is 0 Å². The van der Waals surface area contributed by atoms with Crippen LogP contribution in [-0.4, -0.2) is 28.9 Å². The van der Waals surface area contributed by atoms with Gasteiger partial charge in [0, 0.05) is 19.3 Å². The molecule has 1 amide bonds. The van der Waals surface area contributed by atoms with Gasteiger partial charge in [0.05, 0.1) is 5.56 Å². The number of rotatable bonds is 1. The molecule has 4 heteroatoms. The van der Waals surface area contributed by atoms with Crippen molar-refractivity contribution in [1.29, 1.82) is 0 Å². The fourth-order valence-corrected chi connectivity index (χ4v) is 1.24. The second kappa shape index (κ2) is 3.12. The van der Waals surface area contributed by atoms with Gasteiger partial charge in [-0.2, -0.15) is 4.39 Å². The van der Waals surface area contributed by atoms with Gasteiger partial charge in [0.25, 0.3) is 5.91 Å². The molecule has 1 aliphatic rings. The molecule has 3 nitrogen and oxygen atoms in total. The van der Waals surface area contributed by atoms with Crippen LogP contribution in [0, 0.1) is 5.95 Å². The molecule has 1 fully saturated rings. The summed E-state index contributed by atoms with van der Waals surface area (Å²) in [7, 11) is 0. The van der Waals surface area contributed by atoms with E-state index in [0.717, 1.165) is 19.5 Å². The van der Waals surface area contributed by atoms with Crippen LogP contribution in [-0.2, 0) is 0 Å². The standard InChI is InChI=1S/C9H9FN2O/c10-8-7(3-1-4-11-8)9(13)12-5-2-6-12/h1,3-4H,2,5-6H2. The fraction of sp³-hybridized carbons (Fsp3) is 0.333. The molecule has 1 aromatic heterocycles. The smallest absolute Gasteiger partial charge is 0.258 e. The van der Waals surface area contributed by atoms with Crippen LogP contribution in [0.1, 0.15) is 16.8 Å². The van der Waals surface area contributed by atoms with E-state index in [2.05, 4.69) is 4.98 Å². The zero-order valence-corrected chi connectivity index (χ0v) is 7.03. The van der Waals surface area contributed by atoms with E-state index in [-0.39, 0.29) is 11.5 Å². The monoisotopic (exact) mass is 180 g/mol. The highest BCUT2D eigenvalue weighted by molar-refractivity contribution is 5.94. The van der Waals surface area contributed by atoms with Crippen LogP contribution in [0.4, 0.5) is 4.39 Å². The molecule has 13 heavy (non-hydrogen) atoms. The number of nitrogens with zero attached hydrogens (tertiary/aromatic N) is 2. The van der Waals surface area contributed by atoms with Crippen LogP contribution < -0.4 is 0 Å². The second-order valence-corrected chi connectivity index (χ2v) is 2.99. The molecule has 0 aromatic carbocycles. The van der Waals surface area contributed by atoms with Crippen LogP contribution in [0.25, 0.3) is 0 Å². The van der Waals surface area contributed by atoms with Gasteiger partial charge in [-0.05, 0) is 18.6 Å². The Hall–Kier alpha value is -1.45. The molecule has 2 heterocycles. The highest BCUT2D eigenvalue weighted by Gasteiger charge is 2.23. The highest BCUT2D eigenvalue weighted by atomic mass is 19.1. The van der Waals surface area contributed by atoms with Gasteiger partial charge in [0.15, 0.2) is 0 Å². The van der Waals surface area contributed by atoms with Crippen molar-refractivity contribution >= 4 is 5.91 Å². The van der Waals surface area contributed by atoms with E-state index >= 15 is 0 Å². The summed E-state index contributed by atoms with van der Waals surface area (Å²) in [5, 5.41) is 0. The Morgan fingerprint density at radius 2 is 2.31 bits per heavy atom. The summed E-state index contributed by atoms with van der Waals surface area (Å²) in [5.74, 6) is -0.934. The SMILES string of the molecule is O=C(c1cccnc1F)N1CCC1. The van der Waals surface area contributed by atoms with Crippen LogP contribution in [0.15, 0.2) is 18.3 Å². The molecule has 1 aromatic rings. The topological polar surface area (TPSA) is 33.2 Å². The number of aromatic nitrogens is 1. The minimum absolute atomic E-state index is 0.0715. The quantitative estimate of drug-likeness (QED) is 0.605. The lowest BCUT2D eigenvalue weighted by Gasteiger charge is -2.30. The van der Waals surface area contributed by atoms with Crippen molar-refractivity contribution in [2.45, 2.75) is 6.42 Å². The molecule has 0 spiro atoms. The number of carbonyl (C=O) groups is 1. The zero-order chi connectivity index (χ0) is 9.26. The van der Waals surface area contributed by atoms with E-state index in [0.29, 0.717) is 0 Å². The van der Waals surface area contributed by atoms with Gasteiger partial charge in [0.1, 0.15) is 0 Å². The van der Waals surface area contributed by atoms with Gasteiger partial charge in [0.2, 0.25) is 5.95 Å². The van der Waals surface area contributed by atoms with Gasteiger partial charge in [-0.15, -0.1) is 0 Å². The van der Waals surface area contributed by atoms with Crippen molar-refractivity contribution in [3.8, 4) is 0 Å². The summed E-state index contributed by atoms with van der Waals surface area (Å²) in [6.45, 7) is 1.46. The van der Waals surface area contributed by atoms with E-state index in [1.54, 1.807) is 11.0 Å². The Labute approximate surface area is 75.2 Å². The van der Waals surface area contributed by atoms with Crippen molar-refractivity contribution in [2.24, 2.45) is 0 Å². The molecular formula is C9H9FN2O. The van der Waals surface area contributed by atoms with Crippen molar-refractivity contribution in [3.05, 3.63) is 29.8 Å². The minimum atomic E-state index is -0.681. The maximum absolute atomic E-state index is 13.0. The molecule has 0 unspecified atom stereocenters. The first-order valence-corrected chi connectivity index (χ1v) is 4.19. The van der Waals surface area contributed by atoms with Gasteiger partial charge in [-0.25, -0.2) is 4.98 Å². The lowest BCUT2D eigenvalue weighted by atomic mass is 10.1. The molecular weight excluding hydrogens is 171 g/mol. The van der Waals surface area contributed by atoms with Gasteiger partial charge < -0.3 is 4.90 Å². The molecule has 2 rings (SSSR count). The normalized spacial score (nSPS) is 15.3. The van der Waals surface area contributed by atoms with Crippen LogP contribution in [0.2, 0.25) is 0 Å². The third kappa shape index (κ3) is 1.39. The minimum Gasteiger partial charge on any atom is -0.338 e. The van der Waals surface area contributed by atoms with E-state index in [9.17, 15) is 9.18 Å². The predicted molar refractivity (Wildman–Crippen MR) is 44.7 cm³/mol. The Kier molecular flexibility index (Phi) is 1.96. The third-order valence-corrected chi connectivity index (χ3v) is 2.13. The van der Waals surface area contributed by atoms with E-state index in [1.807, 2.05) is 0 Å². The van der Waals surface area contributed by atoms with E-state index in [4.69, 9.17) is 0 Å². The summed E-state index contributed by atoms with van der Waals surface area (Å²) in [5.41, 5.74) is 0.0715. The Balaban J connectivity index is 2.24. The van der Waals surface area contributed by atoms with Crippen molar-refractivity contribution < 1.29 is 9.18 Å². The lowest BCUT2D eigenvalue weighted by Crippen LogP contribution is -2.42. The third-order valence-electron chi connectivity index (χ3n) is 2.13. The summed E-state index contributed by atoms with van der Waals surface area (Å²) in [6.07, 6.45) is 2.34. The molecule has 68 valence electrons. The summed E-state index contributed by atoms with van der Waals surface area (Å²) in [4.78, 5) is 16.5. The zero-order valence-electron chi connectivity index (χ0n) is 7.03. The molecule has 1 saturated heterocycles. The average Bonchev–Trinajstić information content (AvgIpc) is 2.01. The average molecular weight is 180 g/mol. The number of amides is 1. The van der Waals surface area contributed by atoms with Crippen LogP contribution >= 0.6 is 0 Å². The molecule has 0 atom stereocenters. The molecule has 0 radical (unpaired) electrons. The van der Waals surface area contributed by atoms with Crippen LogP contribution in [0.3, 0.4) is 0 Å². The molecule has 0 N–H and O–H groups in total. The maximum atomic E-state index is 13.0. The lowest BCUT2D eigenvalue weighted by molar-refractivity contribution is 0.0646. The van der Waals surface area contributed by atoms with Crippen molar-refractivity contribution in [1.82, 2.24) is 9.88 Å². The van der Waals surface area contributed by atoms with Gasteiger partial charge in [-0.3, -0.25) is 4.79 Å².